The Bertz CT molecular complexity index is 1380. The number of amides is 2. The molecular weight excluding hydrogens is 465 g/mol. The maximum absolute atomic E-state index is 14.2. The van der Waals surface area contributed by atoms with Gasteiger partial charge in [-0.1, -0.05) is 0 Å². The van der Waals surface area contributed by atoms with E-state index < -0.39 is 17.1 Å². The molecule has 9 heteroatoms. The van der Waals surface area contributed by atoms with Crippen molar-refractivity contribution in [3.63, 3.8) is 0 Å². The standard InChI is InChI=1S/C26H24FN5O2S/c1-15-7-21(32-6-5-26(14-28,25(32)34)19-3-4-19)11-22(31-15)24(33)30-12-17-8-18(10-20(27)9-17)23-13-29-16(2)35-23/h7-11,13,19H,3-6,12H2,1-2H3,(H,30,33)/t26-/m1/s1. The zero-order valence-electron chi connectivity index (χ0n) is 19.5. The minimum absolute atomic E-state index is 0.119. The predicted octanol–water partition coefficient (Wildman–Crippen LogP) is 4.55. The molecule has 5 rings (SSSR count). The monoisotopic (exact) mass is 489 g/mol. The topological polar surface area (TPSA) is 99.0 Å². The van der Waals surface area contributed by atoms with Crippen LogP contribution in [0.2, 0.25) is 0 Å². The summed E-state index contributed by atoms with van der Waals surface area (Å²) in [6, 6.07) is 10.3. The van der Waals surface area contributed by atoms with Crippen LogP contribution in [0.15, 0.2) is 36.5 Å². The molecule has 2 aromatic heterocycles. The fourth-order valence-electron chi connectivity index (χ4n) is 4.72. The number of carbonyl (C=O) groups is 2. The highest BCUT2D eigenvalue weighted by Gasteiger charge is 2.56. The van der Waals surface area contributed by atoms with Crippen molar-refractivity contribution in [1.82, 2.24) is 15.3 Å². The molecule has 1 N–H and O–H groups in total. The van der Waals surface area contributed by atoms with Crippen molar-refractivity contribution in [2.75, 3.05) is 11.4 Å². The average molecular weight is 490 g/mol. The molecule has 0 unspecified atom stereocenters. The molecule has 3 heterocycles. The first-order chi connectivity index (χ1) is 16.8. The van der Waals surface area contributed by atoms with Crippen molar-refractivity contribution in [3.05, 3.63) is 64.3 Å². The Kier molecular flexibility index (Phi) is 5.85. The highest BCUT2D eigenvalue weighted by atomic mass is 32.1. The summed E-state index contributed by atoms with van der Waals surface area (Å²) in [5, 5.41) is 13.4. The molecule has 1 aliphatic heterocycles. The van der Waals surface area contributed by atoms with Gasteiger partial charge in [0.05, 0.1) is 16.0 Å². The number of anilines is 1. The Labute approximate surface area is 206 Å². The van der Waals surface area contributed by atoms with E-state index in [0.717, 1.165) is 22.7 Å². The molecule has 1 saturated heterocycles. The van der Waals surface area contributed by atoms with Gasteiger partial charge in [-0.2, -0.15) is 5.26 Å². The third-order valence-electron chi connectivity index (χ3n) is 6.63. The Morgan fingerprint density at radius 2 is 2.09 bits per heavy atom. The minimum Gasteiger partial charge on any atom is -0.347 e. The number of aromatic nitrogens is 2. The Morgan fingerprint density at radius 3 is 2.77 bits per heavy atom. The number of aryl methyl sites for hydroxylation is 2. The first kappa shape index (κ1) is 23.1. The lowest BCUT2D eigenvalue weighted by Crippen LogP contribution is -2.35. The van der Waals surface area contributed by atoms with Crippen LogP contribution in [0.25, 0.3) is 10.4 Å². The van der Waals surface area contributed by atoms with Gasteiger partial charge in [0.2, 0.25) is 5.91 Å². The van der Waals surface area contributed by atoms with Gasteiger partial charge in [0.15, 0.2) is 0 Å². The summed E-state index contributed by atoms with van der Waals surface area (Å²) in [7, 11) is 0. The summed E-state index contributed by atoms with van der Waals surface area (Å²) in [5.74, 6) is -0.876. The highest BCUT2D eigenvalue weighted by molar-refractivity contribution is 7.15. The maximum atomic E-state index is 14.2. The predicted molar refractivity (Wildman–Crippen MR) is 130 cm³/mol. The van der Waals surface area contributed by atoms with Crippen molar-refractivity contribution < 1.29 is 14.0 Å². The molecule has 3 aromatic rings. The minimum atomic E-state index is -0.953. The summed E-state index contributed by atoms with van der Waals surface area (Å²) < 4.78 is 14.2. The number of thiazole rings is 1. The van der Waals surface area contributed by atoms with Gasteiger partial charge in [-0.3, -0.25) is 9.59 Å². The van der Waals surface area contributed by atoms with E-state index in [1.807, 2.05) is 13.0 Å². The normalized spacial score (nSPS) is 19.6. The summed E-state index contributed by atoms with van der Waals surface area (Å²) >= 11 is 1.47. The molecule has 7 nitrogen and oxygen atoms in total. The van der Waals surface area contributed by atoms with E-state index in [0.29, 0.717) is 35.5 Å². The number of rotatable bonds is 6. The van der Waals surface area contributed by atoms with Crippen molar-refractivity contribution in [3.8, 4) is 16.5 Å². The van der Waals surface area contributed by atoms with Gasteiger partial charge in [-0.15, -0.1) is 11.3 Å². The van der Waals surface area contributed by atoms with Crippen molar-refractivity contribution in [2.24, 2.45) is 11.3 Å². The number of hydrogen-bond donors (Lipinski definition) is 1. The molecule has 0 spiro atoms. The molecule has 1 atom stereocenters. The van der Waals surface area contributed by atoms with Gasteiger partial charge in [0, 0.05) is 30.7 Å². The fourth-order valence-corrected chi connectivity index (χ4v) is 5.48. The van der Waals surface area contributed by atoms with E-state index >= 15 is 0 Å². The second-order valence-electron chi connectivity index (χ2n) is 9.19. The van der Waals surface area contributed by atoms with Gasteiger partial charge < -0.3 is 10.2 Å². The lowest BCUT2D eigenvalue weighted by molar-refractivity contribution is -0.123. The molecule has 178 valence electrons. The maximum Gasteiger partial charge on any atom is 0.270 e. The van der Waals surface area contributed by atoms with Crippen LogP contribution < -0.4 is 10.2 Å². The van der Waals surface area contributed by atoms with Crippen LogP contribution in [0.3, 0.4) is 0 Å². The molecule has 2 fully saturated rings. The number of nitrogens with one attached hydrogen (secondary N) is 1. The van der Waals surface area contributed by atoms with Gasteiger partial charge in [0.25, 0.3) is 5.91 Å². The van der Waals surface area contributed by atoms with Crippen molar-refractivity contribution >= 4 is 28.8 Å². The van der Waals surface area contributed by atoms with Gasteiger partial charge in [-0.25, -0.2) is 14.4 Å². The molecule has 35 heavy (non-hydrogen) atoms. The molecule has 2 aliphatic rings. The number of benzene rings is 1. The van der Waals surface area contributed by atoms with E-state index in [4.69, 9.17) is 0 Å². The second-order valence-corrected chi connectivity index (χ2v) is 10.4. The molecule has 1 aromatic carbocycles. The van der Waals surface area contributed by atoms with Crippen LogP contribution in [0.5, 0.6) is 0 Å². The Morgan fingerprint density at radius 1 is 1.29 bits per heavy atom. The lowest BCUT2D eigenvalue weighted by Gasteiger charge is -2.21. The molecular formula is C26H24FN5O2S. The zero-order valence-corrected chi connectivity index (χ0v) is 20.3. The lowest BCUT2D eigenvalue weighted by atomic mass is 9.83. The summed E-state index contributed by atoms with van der Waals surface area (Å²) in [5.41, 5.74) is 1.70. The smallest absolute Gasteiger partial charge is 0.270 e. The van der Waals surface area contributed by atoms with Crippen LogP contribution >= 0.6 is 11.3 Å². The number of halogens is 1. The Balaban J connectivity index is 1.33. The highest BCUT2D eigenvalue weighted by Crippen LogP contribution is 2.51. The number of carbonyl (C=O) groups excluding carboxylic acids is 2. The summed E-state index contributed by atoms with van der Waals surface area (Å²) in [6.45, 7) is 4.21. The third-order valence-corrected chi connectivity index (χ3v) is 7.59. The molecule has 0 bridgehead atoms. The number of pyridine rings is 1. The average Bonchev–Trinajstić information content (AvgIpc) is 3.50. The van der Waals surface area contributed by atoms with Gasteiger partial charge in [-0.05, 0) is 80.5 Å². The van der Waals surface area contributed by atoms with E-state index in [2.05, 4.69) is 21.4 Å². The van der Waals surface area contributed by atoms with Crippen LogP contribution in [0.1, 0.15) is 46.0 Å². The second kappa shape index (κ2) is 8.86. The van der Waals surface area contributed by atoms with Crippen molar-refractivity contribution in [2.45, 2.75) is 39.7 Å². The van der Waals surface area contributed by atoms with Gasteiger partial charge in [0.1, 0.15) is 16.9 Å². The molecule has 1 aliphatic carbocycles. The largest absolute Gasteiger partial charge is 0.347 e. The van der Waals surface area contributed by atoms with E-state index in [1.54, 1.807) is 30.2 Å². The fraction of sp³-hybridized carbons (Fsp3) is 0.346. The van der Waals surface area contributed by atoms with Crippen LogP contribution in [-0.2, 0) is 11.3 Å². The summed E-state index contributed by atoms with van der Waals surface area (Å²) in [6.07, 6.45) is 4.01. The third kappa shape index (κ3) is 4.42. The van der Waals surface area contributed by atoms with Crippen LogP contribution in [0.4, 0.5) is 10.1 Å². The van der Waals surface area contributed by atoms with Crippen molar-refractivity contribution in [1.29, 1.82) is 5.26 Å². The number of nitrogens with zero attached hydrogens (tertiary/aromatic N) is 4. The first-order valence-electron chi connectivity index (χ1n) is 11.5. The van der Waals surface area contributed by atoms with Crippen LogP contribution in [-0.4, -0.2) is 28.3 Å². The van der Waals surface area contributed by atoms with Crippen LogP contribution in [0, 0.1) is 42.3 Å². The van der Waals surface area contributed by atoms with Gasteiger partial charge >= 0.3 is 0 Å². The summed E-state index contributed by atoms with van der Waals surface area (Å²) in [4.78, 5) is 37.1. The number of nitriles is 1. The van der Waals surface area contributed by atoms with E-state index in [-0.39, 0.29) is 24.1 Å². The van der Waals surface area contributed by atoms with E-state index in [1.165, 1.54) is 23.5 Å². The zero-order chi connectivity index (χ0) is 24.7. The Hall–Kier alpha value is -3.64. The first-order valence-corrected chi connectivity index (χ1v) is 12.3. The SMILES string of the molecule is Cc1cc(N2CC[C@@](C#N)(C3CC3)C2=O)cc(C(=O)NCc2cc(F)cc(-c3cnc(C)s3)c2)n1. The quantitative estimate of drug-likeness (QED) is 0.548. The molecule has 1 saturated carbocycles. The van der Waals surface area contributed by atoms with E-state index in [9.17, 15) is 19.2 Å². The molecule has 0 radical (unpaired) electrons. The molecule has 2 amide bonds. The number of hydrogen-bond acceptors (Lipinski definition) is 6.